The third kappa shape index (κ3) is 5.18. The molecule has 2 unspecified atom stereocenters. The van der Waals surface area contributed by atoms with Crippen LogP contribution in [0.2, 0.25) is 0 Å². The Labute approximate surface area is 121 Å². The number of halogens is 3. The topological polar surface area (TPSA) is 58.6 Å². The second-order valence-electron chi connectivity index (χ2n) is 6.25. The molecule has 1 aliphatic heterocycles. The summed E-state index contributed by atoms with van der Waals surface area (Å²) in [6.45, 7) is 6.14. The van der Waals surface area contributed by atoms with Gasteiger partial charge >= 0.3 is 6.36 Å². The van der Waals surface area contributed by atoms with Crippen LogP contribution in [0, 0.1) is 5.41 Å². The van der Waals surface area contributed by atoms with Crippen LogP contribution in [0.1, 0.15) is 34.1 Å². The first kappa shape index (κ1) is 17.7. The van der Waals surface area contributed by atoms with Crippen molar-refractivity contribution in [2.75, 3.05) is 13.2 Å². The SMILES string of the molecule is CC1CC(=O)NC(C(C)(C)C)C(=O)N1CCOC(F)(F)F. The van der Waals surface area contributed by atoms with Crippen LogP contribution in [0.4, 0.5) is 13.2 Å². The Balaban J connectivity index is 2.83. The van der Waals surface area contributed by atoms with Gasteiger partial charge in [0.2, 0.25) is 11.8 Å². The van der Waals surface area contributed by atoms with Gasteiger partial charge in [-0.25, -0.2) is 0 Å². The van der Waals surface area contributed by atoms with Crippen LogP contribution in [0.15, 0.2) is 0 Å². The maximum Gasteiger partial charge on any atom is 0.522 e. The summed E-state index contributed by atoms with van der Waals surface area (Å²) in [6, 6.07) is -1.23. The summed E-state index contributed by atoms with van der Waals surface area (Å²) in [7, 11) is 0. The molecule has 0 aromatic rings. The van der Waals surface area contributed by atoms with Crippen molar-refractivity contribution in [3.8, 4) is 0 Å². The molecule has 5 nitrogen and oxygen atoms in total. The number of nitrogens with zero attached hydrogens (tertiary/aromatic N) is 1. The van der Waals surface area contributed by atoms with Gasteiger partial charge in [-0.3, -0.25) is 14.3 Å². The van der Waals surface area contributed by atoms with E-state index in [4.69, 9.17) is 0 Å². The molecule has 0 radical (unpaired) electrons. The summed E-state index contributed by atoms with van der Waals surface area (Å²) >= 11 is 0. The molecule has 0 bridgehead atoms. The van der Waals surface area contributed by atoms with Crippen LogP contribution in [-0.2, 0) is 14.3 Å². The zero-order valence-electron chi connectivity index (χ0n) is 12.6. The highest BCUT2D eigenvalue weighted by Gasteiger charge is 2.40. The molecule has 1 fully saturated rings. The highest BCUT2D eigenvalue weighted by atomic mass is 19.4. The third-order valence-electron chi connectivity index (χ3n) is 3.31. The first-order valence-electron chi connectivity index (χ1n) is 6.72. The van der Waals surface area contributed by atoms with Gasteiger partial charge in [-0.15, -0.1) is 13.2 Å². The summed E-state index contributed by atoms with van der Waals surface area (Å²) in [5, 5.41) is 2.64. The molecule has 0 aliphatic carbocycles. The van der Waals surface area contributed by atoms with Crippen molar-refractivity contribution in [3.05, 3.63) is 0 Å². The minimum absolute atomic E-state index is 0.0599. The van der Waals surface area contributed by atoms with Crippen molar-refractivity contribution in [1.29, 1.82) is 0 Å². The van der Waals surface area contributed by atoms with Crippen molar-refractivity contribution >= 4 is 11.8 Å². The predicted molar refractivity (Wildman–Crippen MR) is 69.2 cm³/mol. The second-order valence-corrected chi connectivity index (χ2v) is 6.25. The van der Waals surface area contributed by atoms with Crippen LogP contribution in [0.3, 0.4) is 0 Å². The number of ether oxygens (including phenoxy) is 1. The van der Waals surface area contributed by atoms with Crippen molar-refractivity contribution in [2.24, 2.45) is 5.41 Å². The smallest absolute Gasteiger partial charge is 0.344 e. The number of alkyl halides is 3. The van der Waals surface area contributed by atoms with Crippen molar-refractivity contribution < 1.29 is 27.5 Å². The first-order chi connectivity index (χ1) is 9.42. The predicted octanol–water partition coefficient (Wildman–Crippen LogP) is 1.67. The van der Waals surface area contributed by atoms with Crippen LogP contribution >= 0.6 is 0 Å². The summed E-state index contributed by atoms with van der Waals surface area (Å²) in [5.41, 5.74) is -0.528. The molecule has 2 atom stereocenters. The van der Waals surface area contributed by atoms with Gasteiger partial charge in [0, 0.05) is 19.0 Å². The van der Waals surface area contributed by atoms with E-state index < -0.39 is 30.5 Å². The van der Waals surface area contributed by atoms with Crippen LogP contribution < -0.4 is 5.32 Å². The highest BCUT2D eigenvalue weighted by Crippen LogP contribution is 2.25. The van der Waals surface area contributed by atoms with Gasteiger partial charge in [0.15, 0.2) is 0 Å². The van der Waals surface area contributed by atoms with E-state index in [0.29, 0.717) is 0 Å². The van der Waals surface area contributed by atoms with E-state index in [-0.39, 0.29) is 24.8 Å². The van der Waals surface area contributed by atoms with Crippen molar-refractivity contribution in [3.63, 3.8) is 0 Å². The van der Waals surface area contributed by atoms with Gasteiger partial charge in [-0.1, -0.05) is 20.8 Å². The summed E-state index contributed by atoms with van der Waals surface area (Å²) < 4.78 is 39.8. The number of carbonyl (C=O) groups excluding carboxylic acids is 2. The zero-order chi connectivity index (χ0) is 16.4. The fraction of sp³-hybridized carbons (Fsp3) is 0.846. The van der Waals surface area contributed by atoms with Crippen molar-refractivity contribution in [1.82, 2.24) is 10.2 Å². The van der Waals surface area contributed by atoms with Gasteiger partial charge in [0.05, 0.1) is 6.61 Å². The molecule has 1 heterocycles. The maximum atomic E-state index is 12.5. The molecule has 0 aromatic carbocycles. The molecular formula is C13H21F3N2O3. The van der Waals surface area contributed by atoms with Crippen LogP contribution in [-0.4, -0.2) is 48.3 Å². The highest BCUT2D eigenvalue weighted by molar-refractivity contribution is 5.91. The lowest BCUT2D eigenvalue weighted by Gasteiger charge is -2.34. The summed E-state index contributed by atoms with van der Waals surface area (Å²) in [5.74, 6) is -0.665. The van der Waals surface area contributed by atoms with Gasteiger partial charge in [0.1, 0.15) is 6.04 Å². The molecule has 1 rings (SSSR count). The molecule has 0 saturated carbocycles. The molecule has 21 heavy (non-hydrogen) atoms. The van der Waals surface area contributed by atoms with E-state index in [1.807, 2.05) is 0 Å². The number of hydrogen-bond donors (Lipinski definition) is 1. The Morgan fingerprint density at radius 3 is 2.33 bits per heavy atom. The number of carbonyl (C=O) groups is 2. The zero-order valence-corrected chi connectivity index (χ0v) is 12.6. The molecule has 2 amide bonds. The molecule has 1 saturated heterocycles. The molecule has 122 valence electrons. The van der Waals surface area contributed by atoms with E-state index >= 15 is 0 Å². The standard InChI is InChI=1S/C13H21F3N2O3/c1-8-7-9(19)17-10(12(2,3)4)11(20)18(8)5-6-21-13(14,15)16/h8,10H,5-7H2,1-4H3,(H,17,19). The summed E-state index contributed by atoms with van der Waals surface area (Å²) in [4.78, 5) is 25.5. The van der Waals surface area contributed by atoms with Gasteiger partial charge in [-0.05, 0) is 12.3 Å². The minimum atomic E-state index is -4.73. The number of rotatable bonds is 3. The lowest BCUT2D eigenvalue weighted by molar-refractivity contribution is -0.325. The number of amides is 2. The lowest BCUT2D eigenvalue weighted by atomic mass is 9.86. The lowest BCUT2D eigenvalue weighted by Crippen LogP contribution is -2.53. The molecular weight excluding hydrogens is 289 g/mol. The van der Waals surface area contributed by atoms with Crippen molar-refractivity contribution in [2.45, 2.75) is 52.6 Å². The van der Waals surface area contributed by atoms with Crippen LogP contribution in [0.25, 0.3) is 0 Å². The Morgan fingerprint density at radius 2 is 1.86 bits per heavy atom. The van der Waals surface area contributed by atoms with Gasteiger partial charge in [-0.2, -0.15) is 0 Å². The monoisotopic (exact) mass is 310 g/mol. The van der Waals surface area contributed by atoms with Gasteiger partial charge in [0.25, 0.3) is 0 Å². The van der Waals surface area contributed by atoms with E-state index in [1.165, 1.54) is 4.90 Å². The average Bonchev–Trinajstić information content (AvgIpc) is 2.37. The Bertz CT molecular complexity index is 404. The van der Waals surface area contributed by atoms with Crippen LogP contribution in [0.5, 0.6) is 0 Å². The third-order valence-corrected chi connectivity index (χ3v) is 3.31. The maximum absolute atomic E-state index is 12.5. The number of nitrogens with one attached hydrogen (secondary N) is 1. The van der Waals surface area contributed by atoms with E-state index in [0.717, 1.165) is 0 Å². The molecule has 1 N–H and O–H groups in total. The fourth-order valence-corrected chi connectivity index (χ4v) is 2.22. The Kier molecular flexibility index (Phi) is 5.25. The van der Waals surface area contributed by atoms with E-state index in [9.17, 15) is 22.8 Å². The van der Waals surface area contributed by atoms with Gasteiger partial charge < -0.3 is 10.2 Å². The quantitative estimate of drug-likeness (QED) is 0.863. The number of hydrogen-bond acceptors (Lipinski definition) is 3. The second kappa shape index (κ2) is 6.21. The Morgan fingerprint density at radius 1 is 1.29 bits per heavy atom. The van der Waals surface area contributed by atoms with E-state index in [1.54, 1.807) is 27.7 Å². The summed E-state index contributed by atoms with van der Waals surface area (Å²) in [6.07, 6.45) is -4.67. The minimum Gasteiger partial charge on any atom is -0.344 e. The first-order valence-corrected chi connectivity index (χ1v) is 6.72. The average molecular weight is 310 g/mol. The fourth-order valence-electron chi connectivity index (χ4n) is 2.22. The largest absolute Gasteiger partial charge is 0.522 e. The molecule has 8 heteroatoms. The van der Waals surface area contributed by atoms with E-state index in [2.05, 4.69) is 10.1 Å². The molecule has 1 aliphatic rings. The normalized spacial score (nSPS) is 24.8. The molecule has 0 spiro atoms. The Hall–Kier alpha value is -1.31. The molecule has 0 aromatic heterocycles.